The molecule has 0 bridgehead atoms. The maximum atomic E-state index is 11.2. The van der Waals surface area contributed by atoms with E-state index in [0.717, 1.165) is 6.42 Å². The van der Waals surface area contributed by atoms with Gasteiger partial charge in [-0.3, -0.25) is 0 Å². The first-order chi connectivity index (χ1) is 6.89. The molecule has 15 heavy (non-hydrogen) atoms. The van der Waals surface area contributed by atoms with Gasteiger partial charge in [0.15, 0.2) is 0 Å². The van der Waals surface area contributed by atoms with E-state index < -0.39 is 9.84 Å². The number of hydrogen-bond acceptors (Lipinski definition) is 3. The van der Waals surface area contributed by atoms with Crippen molar-refractivity contribution in [3.8, 4) is 0 Å². The predicted molar refractivity (Wildman–Crippen MR) is 66.4 cm³/mol. The second-order valence-corrected chi connectivity index (χ2v) is 6.80. The van der Waals surface area contributed by atoms with Crippen molar-refractivity contribution in [2.24, 2.45) is 0 Å². The van der Waals surface area contributed by atoms with Gasteiger partial charge < -0.3 is 5.32 Å². The van der Waals surface area contributed by atoms with Crippen molar-refractivity contribution in [1.29, 1.82) is 0 Å². The predicted octanol–water partition coefficient (Wildman–Crippen LogP) is 1.81. The molecule has 0 aliphatic rings. The summed E-state index contributed by atoms with van der Waals surface area (Å²) in [5.41, 5.74) is -0.0719. The number of hydrogen-bond donors (Lipinski definition) is 1. The first-order valence-corrected chi connectivity index (χ1v) is 7.76. The van der Waals surface area contributed by atoms with E-state index in [2.05, 4.69) is 12.2 Å². The Morgan fingerprint density at radius 2 is 1.93 bits per heavy atom. The van der Waals surface area contributed by atoms with Crippen LogP contribution in [0, 0.1) is 0 Å². The van der Waals surface area contributed by atoms with Crippen LogP contribution < -0.4 is 5.32 Å². The van der Waals surface area contributed by atoms with Gasteiger partial charge >= 0.3 is 0 Å². The number of nitrogens with one attached hydrogen (secondary N) is 1. The van der Waals surface area contributed by atoms with E-state index in [9.17, 15) is 8.42 Å². The summed E-state index contributed by atoms with van der Waals surface area (Å²) in [6, 6.07) is 0. The van der Waals surface area contributed by atoms with Gasteiger partial charge in [-0.1, -0.05) is 13.8 Å². The quantitative estimate of drug-likeness (QED) is 0.532. The summed E-state index contributed by atoms with van der Waals surface area (Å²) in [5.74, 6) is 1.04. The summed E-state index contributed by atoms with van der Waals surface area (Å²) < 4.78 is 22.4. The van der Waals surface area contributed by atoms with Crippen LogP contribution in [0.2, 0.25) is 0 Å². The molecule has 1 atom stereocenters. The highest BCUT2D eigenvalue weighted by Crippen LogP contribution is 2.10. The van der Waals surface area contributed by atoms with Gasteiger partial charge in [0, 0.05) is 17.2 Å². The van der Waals surface area contributed by atoms with Gasteiger partial charge in [0.05, 0.1) is 5.75 Å². The highest BCUT2D eigenvalue weighted by Gasteiger charge is 2.19. The van der Waals surface area contributed by atoms with E-state index in [-0.39, 0.29) is 17.0 Å². The highest BCUT2D eigenvalue weighted by molar-refractivity contribution is 7.91. The van der Waals surface area contributed by atoms with Crippen LogP contribution in [-0.2, 0) is 9.84 Å². The SMILES string of the molecule is CCC(C)(CCl)NCCCS(=O)(=O)CC. The first-order valence-electron chi connectivity index (χ1n) is 5.40. The summed E-state index contributed by atoms with van der Waals surface area (Å²) >= 11 is 5.82. The van der Waals surface area contributed by atoms with Crippen LogP contribution in [0.3, 0.4) is 0 Å². The molecule has 0 fully saturated rings. The molecule has 0 amide bonds. The average Bonchev–Trinajstić information content (AvgIpc) is 2.24. The van der Waals surface area contributed by atoms with Gasteiger partial charge in [-0.05, 0) is 26.3 Å². The number of rotatable bonds is 8. The number of sulfone groups is 1. The van der Waals surface area contributed by atoms with E-state index in [4.69, 9.17) is 11.6 Å². The topological polar surface area (TPSA) is 46.2 Å². The zero-order chi connectivity index (χ0) is 11.9. The van der Waals surface area contributed by atoms with Gasteiger partial charge in [0.2, 0.25) is 0 Å². The van der Waals surface area contributed by atoms with Crippen LogP contribution in [0.1, 0.15) is 33.6 Å². The fourth-order valence-corrected chi connectivity index (χ4v) is 2.25. The van der Waals surface area contributed by atoms with Gasteiger partial charge in [0.25, 0.3) is 0 Å². The molecule has 0 aromatic heterocycles. The molecule has 5 heteroatoms. The van der Waals surface area contributed by atoms with Crippen LogP contribution >= 0.6 is 11.6 Å². The monoisotopic (exact) mass is 255 g/mol. The fraction of sp³-hybridized carbons (Fsp3) is 1.00. The van der Waals surface area contributed by atoms with E-state index >= 15 is 0 Å². The molecule has 0 aliphatic carbocycles. The van der Waals surface area contributed by atoms with Gasteiger partial charge in [-0.15, -0.1) is 11.6 Å². The molecule has 3 nitrogen and oxygen atoms in total. The molecule has 0 saturated heterocycles. The zero-order valence-corrected chi connectivity index (χ0v) is 11.4. The molecule has 0 saturated carbocycles. The second kappa shape index (κ2) is 6.71. The lowest BCUT2D eigenvalue weighted by Gasteiger charge is -2.27. The number of halogens is 1. The highest BCUT2D eigenvalue weighted by atomic mass is 35.5. The molecule has 0 heterocycles. The van der Waals surface area contributed by atoms with Crippen LogP contribution in [0.15, 0.2) is 0 Å². The van der Waals surface area contributed by atoms with Crippen molar-refractivity contribution in [1.82, 2.24) is 5.32 Å². The average molecular weight is 256 g/mol. The Morgan fingerprint density at radius 1 is 1.33 bits per heavy atom. The summed E-state index contributed by atoms with van der Waals surface area (Å²) in [7, 11) is -2.82. The molecule has 0 aromatic carbocycles. The Labute approximate surface area is 98.5 Å². The van der Waals surface area contributed by atoms with E-state index in [0.29, 0.717) is 18.8 Å². The first kappa shape index (κ1) is 15.2. The zero-order valence-electron chi connectivity index (χ0n) is 9.85. The number of alkyl halides is 1. The summed E-state index contributed by atoms with van der Waals surface area (Å²) in [4.78, 5) is 0. The minimum Gasteiger partial charge on any atom is -0.310 e. The van der Waals surface area contributed by atoms with Crippen molar-refractivity contribution in [3.05, 3.63) is 0 Å². The standard InChI is InChI=1S/C10H22ClNO2S/c1-4-10(3,9-11)12-7-6-8-15(13,14)5-2/h12H,4-9H2,1-3H3. The van der Waals surface area contributed by atoms with Gasteiger partial charge in [0.1, 0.15) is 9.84 Å². The fourth-order valence-electron chi connectivity index (χ4n) is 1.09. The van der Waals surface area contributed by atoms with Crippen molar-refractivity contribution in [2.75, 3.05) is 23.9 Å². The maximum Gasteiger partial charge on any atom is 0.150 e. The third kappa shape index (κ3) is 6.38. The van der Waals surface area contributed by atoms with Crippen LogP contribution in [0.25, 0.3) is 0 Å². The molecule has 1 unspecified atom stereocenters. The molecule has 0 radical (unpaired) electrons. The van der Waals surface area contributed by atoms with Crippen LogP contribution in [0.4, 0.5) is 0 Å². The maximum absolute atomic E-state index is 11.2. The lowest BCUT2D eigenvalue weighted by Crippen LogP contribution is -2.44. The molecule has 1 N–H and O–H groups in total. The molecule has 0 aliphatic heterocycles. The van der Waals surface area contributed by atoms with Crippen molar-refractivity contribution < 1.29 is 8.42 Å². The Kier molecular flexibility index (Phi) is 6.80. The van der Waals surface area contributed by atoms with Gasteiger partial charge in [-0.2, -0.15) is 0 Å². The van der Waals surface area contributed by atoms with Crippen molar-refractivity contribution >= 4 is 21.4 Å². The van der Waals surface area contributed by atoms with Crippen molar-refractivity contribution in [2.45, 2.75) is 39.2 Å². The Morgan fingerprint density at radius 3 is 2.33 bits per heavy atom. The van der Waals surface area contributed by atoms with Crippen LogP contribution in [0.5, 0.6) is 0 Å². The van der Waals surface area contributed by atoms with E-state index in [1.54, 1.807) is 6.92 Å². The second-order valence-electron chi connectivity index (χ2n) is 4.06. The normalized spacial score (nSPS) is 16.3. The lowest BCUT2D eigenvalue weighted by atomic mass is 10.0. The lowest BCUT2D eigenvalue weighted by molar-refractivity contribution is 0.382. The van der Waals surface area contributed by atoms with E-state index in [1.165, 1.54) is 0 Å². The molecule has 92 valence electrons. The molecule has 0 rings (SSSR count). The minimum atomic E-state index is -2.82. The summed E-state index contributed by atoms with van der Waals surface area (Å²) in [6.07, 6.45) is 1.60. The molecular weight excluding hydrogens is 234 g/mol. The Bertz CT molecular complexity index is 261. The third-order valence-electron chi connectivity index (χ3n) is 2.70. The molecule has 0 aromatic rings. The van der Waals surface area contributed by atoms with Gasteiger partial charge in [-0.25, -0.2) is 8.42 Å². The molecular formula is C10H22ClNO2S. The third-order valence-corrected chi connectivity index (χ3v) is 5.08. The Balaban J connectivity index is 3.81. The Hall–Kier alpha value is 0.200. The largest absolute Gasteiger partial charge is 0.310 e. The van der Waals surface area contributed by atoms with E-state index in [1.807, 2.05) is 6.92 Å². The summed E-state index contributed by atoms with van der Waals surface area (Å²) in [5, 5.41) is 3.30. The van der Waals surface area contributed by atoms with Crippen molar-refractivity contribution in [3.63, 3.8) is 0 Å². The minimum absolute atomic E-state index is 0.0719. The van der Waals surface area contributed by atoms with Crippen LogP contribution in [-0.4, -0.2) is 37.9 Å². The summed E-state index contributed by atoms with van der Waals surface area (Å²) in [6.45, 7) is 6.50. The molecule has 0 spiro atoms. The smallest absolute Gasteiger partial charge is 0.150 e.